The Morgan fingerprint density at radius 3 is 2.86 bits per heavy atom. The van der Waals surface area contributed by atoms with Crippen molar-refractivity contribution in [3.63, 3.8) is 0 Å². The number of carbonyl (C=O) groups excluding carboxylic acids is 1. The van der Waals surface area contributed by atoms with Crippen LogP contribution in [0, 0.1) is 0 Å². The number of nitrogen functional groups attached to an aromatic ring is 1. The number of nitrogens with one attached hydrogen (secondary N) is 1. The molecule has 0 bridgehead atoms. The molecule has 0 saturated carbocycles. The largest absolute Gasteiger partial charge is 0.461 e. The minimum Gasteiger partial charge on any atom is -0.461 e. The number of benzene rings is 1. The Hall–Kier alpha value is -3.46. The van der Waals surface area contributed by atoms with E-state index in [0.717, 1.165) is 16.7 Å². The molecule has 1 unspecified atom stereocenters. The van der Waals surface area contributed by atoms with Crippen LogP contribution in [0.2, 0.25) is 0 Å². The van der Waals surface area contributed by atoms with E-state index >= 15 is 0 Å². The second-order valence-corrected chi connectivity index (χ2v) is 7.02. The van der Waals surface area contributed by atoms with Crippen LogP contribution < -0.4 is 16.2 Å². The number of allylic oxidation sites excluding steroid dienone is 1. The molecule has 1 aliphatic rings. The molecule has 4 rings (SSSR count). The highest BCUT2D eigenvalue weighted by atomic mass is 16.5. The van der Waals surface area contributed by atoms with Gasteiger partial charge in [0, 0.05) is 7.11 Å². The Labute approximate surface area is 166 Å². The molecule has 0 fully saturated rings. The number of ether oxygens (including phenoxy) is 2. The number of imidazole rings is 1. The Morgan fingerprint density at radius 1 is 1.34 bits per heavy atom. The smallest absolute Gasteiger partial charge is 0.328 e. The molecule has 2 heterocycles. The number of ketones is 1. The molecule has 9 heteroatoms. The summed E-state index contributed by atoms with van der Waals surface area (Å²) in [5, 5.41) is 0. The SMILES string of the molecule is C=CC(=O)C1(C)c2ccc(Cn3c(=O)[nH]c4c(N)nc(OCCOC)nc43)cc21. The number of aromatic nitrogens is 4. The standard InChI is InChI=1S/C20H21N5O4/c1-4-14(26)20(2)12-6-5-11(9-13(12)20)10-25-17-15(22-19(25)27)16(21)23-18(24-17)29-8-7-28-3/h4-6,9H,1,7-8,10H2,2-3H3,(H,22,27)(H2,21,23,24). The maximum atomic E-state index is 12.5. The van der Waals surface area contributed by atoms with E-state index in [1.54, 1.807) is 7.11 Å². The van der Waals surface area contributed by atoms with Crippen LogP contribution in [0.4, 0.5) is 5.82 Å². The molecular formula is C20H21N5O4. The van der Waals surface area contributed by atoms with Crippen molar-refractivity contribution < 1.29 is 14.3 Å². The van der Waals surface area contributed by atoms with E-state index in [9.17, 15) is 9.59 Å². The maximum Gasteiger partial charge on any atom is 0.328 e. The summed E-state index contributed by atoms with van der Waals surface area (Å²) >= 11 is 0. The summed E-state index contributed by atoms with van der Waals surface area (Å²) in [4.78, 5) is 35.7. The van der Waals surface area contributed by atoms with Crippen molar-refractivity contribution in [3.05, 3.63) is 58.0 Å². The van der Waals surface area contributed by atoms with Gasteiger partial charge in [0.25, 0.3) is 0 Å². The van der Waals surface area contributed by atoms with E-state index < -0.39 is 5.41 Å². The van der Waals surface area contributed by atoms with E-state index in [2.05, 4.69) is 21.5 Å². The first-order chi connectivity index (χ1) is 13.9. The molecule has 29 heavy (non-hydrogen) atoms. The molecule has 0 radical (unpaired) electrons. The lowest BCUT2D eigenvalue weighted by Gasteiger charge is -2.07. The summed E-state index contributed by atoms with van der Waals surface area (Å²) in [6, 6.07) is 5.81. The van der Waals surface area contributed by atoms with Crippen molar-refractivity contribution in [2.45, 2.75) is 18.9 Å². The Bertz CT molecular complexity index is 1200. The molecular weight excluding hydrogens is 374 g/mol. The molecule has 0 spiro atoms. The first-order valence-corrected chi connectivity index (χ1v) is 9.08. The number of fused-ring (bicyclic) bond motifs is 2. The molecule has 1 aliphatic carbocycles. The highest BCUT2D eigenvalue weighted by molar-refractivity contribution is 6.07. The third-order valence-electron chi connectivity index (χ3n) is 5.27. The van der Waals surface area contributed by atoms with Crippen LogP contribution in [0.25, 0.3) is 11.2 Å². The van der Waals surface area contributed by atoms with Crippen LogP contribution in [-0.4, -0.2) is 45.6 Å². The normalized spacial score (nSPS) is 17.2. The number of hydrogen-bond acceptors (Lipinski definition) is 7. The third kappa shape index (κ3) is 2.99. The molecule has 0 saturated heterocycles. The van der Waals surface area contributed by atoms with Crippen molar-refractivity contribution >= 4 is 22.8 Å². The zero-order valence-electron chi connectivity index (χ0n) is 16.2. The van der Waals surface area contributed by atoms with Gasteiger partial charge in [0.2, 0.25) is 0 Å². The number of methoxy groups -OCH3 is 1. The van der Waals surface area contributed by atoms with E-state index in [-0.39, 0.29) is 36.5 Å². The summed E-state index contributed by atoms with van der Waals surface area (Å²) in [5.74, 6) is 0.0926. The van der Waals surface area contributed by atoms with E-state index in [1.807, 2.05) is 25.1 Å². The summed E-state index contributed by atoms with van der Waals surface area (Å²) < 4.78 is 11.8. The first-order valence-electron chi connectivity index (χ1n) is 9.08. The Kier molecular flexibility index (Phi) is 4.46. The maximum absolute atomic E-state index is 12.5. The molecule has 3 N–H and O–H groups in total. The summed E-state index contributed by atoms with van der Waals surface area (Å²) in [6.07, 6.45) is 1.34. The monoisotopic (exact) mass is 395 g/mol. The van der Waals surface area contributed by atoms with Crippen molar-refractivity contribution in [2.24, 2.45) is 0 Å². The van der Waals surface area contributed by atoms with Gasteiger partial charge in [-0.25, -0.2) is 4.79 Å². The van der Waals surface area contributed by atoms with Crippen molar-refractivity contribution in [3.8, 4) is 6.01 Å². The number of nitrogens with zero attached hydrogens (tertiary/aromatic N) is 3. The average Bonchev–Trinajstić information content (AvgIpc) is 3.19. The van der Waals surface area contributed by atoms with Gasteiger partial charge in [-0.05, 0) is 29.7 Å². The number of carbonyl (C=O) groups is 1. The average molecular weight is 395 g/mol. The predicted molar refractivity (Wildman–Crippen MR) is 107 cm³/mol. The fourth-order valence-electron chi connectivity index (χ4n) is 3.54. The van der Waals surface area contributed by atoms with Crippen LogP contribution in [0.3, 0.4) is 0 Å². The molecule has 1 atom stereocenters. The number of anilines is 1. The molecule has 3 aromatic rings. The van der Waals surface area contributed by atoms with Crippen LogP contribution in [0.5, 0.6) is 6.01 Å². The zero-order valence-corrected chi connectivity index (χ0v) is 16.2. The molecule has 150 valence electrons. The van der Waals surface area contributed by atoms with E-state index in [4.69, 9.17) is 15.2 Å². The molecule has 2 aromatic heterocycles. The van der Waals surface area contributed by atoms with Crippen molar-refractivity contribution in [2.75, 3.05) is 26.1 Å². The lowest BCUT2D eigenvalue weighted by atomic mass is 9.98. The van der Waals surface area contributed by atoms with Gasteiger partial charge in [0.05, 0.1) is 18.6 Å². The van der Waals surface area contributed by atoms with Crippen LogP contribution in [0.1, 0.15) is 23.6 Å². The highest BCUT2D eigenvalue weighted by Gasteiger charge is 2.50. The van der Waals surface area contributed by atoms with E-state index in [0.29, 0.717) is 17.8 Å². The van der Waals surface area contributed by atoms with Gasteiger partial charge in [-0.1, -0.05) is 24.8 Å². The number of H-pyrrole nitrogens is 1. The topological polar surface area (TPSA) is 125 Å². The summed E-state index contributed by atoms with van der Waals surface area (Å²) in [6.45, 7) is 6.35. The Morgan fingerprint density at radius 2 is 2.14 bits per heavy atom. The molecule has 1 aromatic carbocycles. The highest BCUT2D eigenvalue weighted by Crippen LogP contribution is 2.50. The second-order valence-electron chi connectivity index (χ2n) is 7.02. The lowest BCUT2D eigenvalue weighted by Crippen LogP contribution is -2.18. The van der Waals surface area contributed by atoms with Crippen LogP contribution in [0.15, 0.2) is 35.6 Å². The van der Waals surface area contributed by atoms with Crippen LogP contribution in [-0.2, 0) is 21.5 Å². The van der Waals surface area contributed by atoms with Crippen LogP contribution >= 0.6 is 0 Å². The van der Waals surface area contributed by atoms with E-state index in [1.165, 1.54) is 10.6 Å². The number of aromatic amines is 1. The predicted octanol–water partition coefficient (Wildman–Crippen LogP) is 1.15. The van der Waals surface area contributed by atoms with Gasteiger partial charge in [-0.3, -0.25) is 9.36 Å². The third-order valence-corrected chi connectivity index (χ3v) is 5.27. The molecule has 9 nitrogen and oxygen atoms in total. The molecule has 0 amide bonds. The van der Waals surface area contributed by atoms with Gasteiger partial charge in [-0.15, -0.1) is 0 Å². The molecule has 0 aliphatic heterocycles. The fraction of sp³-hybridized carbons (Fsp3) is 0.300. The number of rotatable bonds is 8. The van der Waals surface area contributed by atoms with Gasteiger partial charge in [-0.2, -0.15) is 9.97 Å². The number of nitrogens with two attached hydrogens (primary N) is 1. The summed E-state index contributed by atoms with van der Waals surface area (Å²) in [5.41, 5.74) is 8.50. The van der Waals surface area contributed by atoms with Gasteiger partial charge < -0.3 is 20.2 Å². The van der Waals surface area contributed by atoms with Gasteiger partial charge >= 0.3 is 11.7 Å². The first kappa shape index (κ1) is 18.9. The van der Waals surface area contributed by atoms with Crippen molar-refractivity contribution in [1.82, 2.24) is 19.5 Å². The Balaban J connectivity index is 1.67. The quantitative estimate of drug-likeness (QED) is 0.433. The van der Waals surface area contributed by atoms with Gasteiger partial charge in [0.15, 0.2) is 17.2 Å². The van der Waals surface area contributed by atoms with Crippen molar-refractivity contribution in [1.29, 1.82) is 0 Å². The summed E-state index contributed by atoms with van der Waals surface area (Å²) in [7, 11) is 1.56. The lowest BCUT2D eigenvalue weighted by molar-refractivity contribution is -0.116. The number of hydrogen-bond donors (Lipinski definition) is 2. The zero-order chi connectivity index (χ0) is 20.8. The minimum absolute atomic E-state index is 0.0349. The fourth-order valence-corrected chi connectivity index (χ4v) is 3.54. The van der Waals surface area contributed by atoms with Gasteiger partial charge in [0.1, 0.15) is 12.1 Å². The minimum atomic E-state index is -0.611. The second kappa shape index (κ2) is 6.85.